The molecule has 0 aliphatic carbocycles. The van der Waals surface area contributed by atoms with Gasteiger partial charge in [0.2, 0.25) is 0 Å². The summed E-state index contributed by atoms with van der Waals surface area (Å²) in [5, 5.41) is 0. The lowest BCUT2D eigenvalue weighted by atomic mass is 9.98. The molecule has 0 bridgehead atoms. The largest absolute Gasteiger partial charge is 0.466 e. The van der Waals surface area contributed by atoms with Crippen molar-refractivity contribution in [3.8, 4) is 0 Å². The van der Waals surface area contributed by atoms with E-state index in [0.717, 1.165) is 25.7 Å². The lowest BCUT2D eigenvalue weighted by Gasteiger charge is -2.13. The molecule has 2 nitrogen and oxygen atoms in total. The molecule has 0 radical (unpaired) electrons. The molecule has 0 amide bonds. The molecule has 1 unspecified atom stereocenters. The quantitative estimate of drug-likeness (QED) is 0.197. The topological polar surface area (TPSA) is 26.3 Å². The lowest BCUT2D eigenvalue weighted by molar-refractivity contribution is -0.148. The maximum atomic E-state index is 11.8. The summed E-state index contributed by atoms with van der Waals surface area (Å²) in [6.07, 6.45) is 19.2. The highest BCUT2D eigenvalue weighted by Crippen LogP contribution is 2.16. The van der Waals surface area contributed by atoms with Gasteiger partial charge in [0.15, 0.2) is 0 Å². The number of ether oxygens (including phenoxy) is 1. The van der Waals surface area contributed by atoms with Crippen molar-refractivity contribution in [2.45, 2.75) is 97.8 Å². The van der Waals surface area contributed by atoms with E-state index >= 15 is 0 Å². The van der Waals surface area contributed by atoms with Crippen LogP contribution in [0.25, 0.3) is 0 Å². The molecule has 0 aromatic heterocycles. The predicted molar refractivity (Wildman–Crippen MR) is 96.0 cm³/mol. The van der Waals surface area contributed by atoms with Crippen LogP contribution in [0.3, 0.4) is 0 Å². The first-order valence-corrected chi connectivity index (χ1v) is 9.57. The molecule has 0 saturated heterocycles. The van der Waals surface area contributed by atoms with Gasteiger partial charge in [-0.15, -0.1) is 0 Å². The standard InChI is InChI=1S/C20H38O2/c1-4-7-8-9-10-11-12-13-14-15-16-18-19(17-5-2)20(21)22-6-3/h14-15,19H,4-13,16-18H2,1-3H3. The Morgan fingerprint density at radius 3 is 2.09 bits per heavy atom. The highest BCUT2D eigenvalue weighted by Gasteiger charge is 2.17. The van der Waals surface area contributed by atoms with E-state index in [9.17, 15) is 4.79 Å². The average molecular weight is 311 g/mol. The molecule has 0 aromatic carbocycles. The molecule has 130 valence electrons. The van der Waals surface area contributed by atoms with Crippen LogP contribution in [0.2, 0.25) is 0 Å². The first-order valence-electron chi connectivity index (χ1n) is 9.57. The molecular formula is C20H38O2. The molecule has 0 spiro atoms. The van der Waals surface area contributed by atoms with Crippen molar-refractivity contribution in [3.63, 3.8) is 0 Å². The van der Waals surface area contributed by atoms with Gasteiger partial charge in [0.1, 0.15) is 0 Å². The van der Waals surface area contributed by atoms with Gasteiger partial charge in [0, 0.05) is 0 Å². The molecule has 1 atom stereocenters. The Morgan fingerprint density at radius 2 is 1.45 bits per heavy atom. The maximum Gasteiger partial charge on any atom is 0.308 e. The van der Waals surface area contributed by atoms with Crippen LogP contribution in [0.4, 0.5) is 0 Å². The summed E-state index contributed by atoms with van der Waals surface area (Å²) in [7, 11) is 0. The van der Waals surface area contributed by atoms with Gasteiger partial charge in [-0.05, 0) is 39.0 Å². The lowest BCUT2D eigenvalue weighted by Crippen LogP contribution is -2.17. The summed E-state index contributed by atoms with van der Waals surface area (Å²) in [5.74, 6) is 0.0815. The highest BCUT2D eigenvalue weighted by atomic mass is 16.5. The fourth-order valence-electron chi connectivity index (χ4n) is 2.74. The summed E-state index contributed by atoms with van der Waals surface area (Å²) in [4.78, 5) is 11.8. The van der Waals surface area contributed by atoms with E-state index in [-0.39, 0.29) is 11.9 Å². The minimum atomic E-state index is -0.00942. The van der Waals surface area contributed by atoms with E-state index in [0.29, 0.717) is 6.61 Å². The number of unbranched alkanes of at least 4 members (excludes halogenated alkanes) is 7. The van der Waals surface area contributed by atoms with Crippen molar-refractivity contribution in [2.24, 2.45) is 5.92 Å². The van der Waals surface area contributed by atoms with Crippen molar-refractivity contribution in [2.75, 3.05) is 6.61 Å². The van der Waals surface area contributed by atoms with E-state index in [2.05, 4.69) is 26.0 Å². The van der Waals surface area contributed by atoms with E-state index in [1.807, 2.05) is 6.92 Å². The number of hydrogen-bond donors (Lipinski definition) is 0. The molecule has 0 aliphatic heterocycles. The van der Waals surface area contributed by atoms with Gasteiger partial charge < -0.3 is 4.74 Å². The normalized spacial score (nSPS) is 12.7. The number of carbonyl (C=O) groups excluding carboxylic acids is 1. The number of allylic oxidation sites excluding steroid dienone is 2. The molecule has 0 aliphatic rings. The van der Waals surface area contributed by atoms with E-state index in [4.69, 9.17) is 4.74 Å². The second kappa shape index (κ2) is 16.6. The SMILES string of the molecule is CCCCCCCCCC=CCCC(CCC)C(=O)OCC. The molecule has 0 N–H and O–H groups in total. The first kappa shape index (κ1) is 21.2. The third kappa shape index (κ3) is 12.9. The van der Waals surface area contributed by atoms with Crippen molar-refractivity contribution >= 4 is 5.97 Å². The molecule has 0 aromatic rings. The Balaban J connectivity index is 3.59. The van der Waals surface area contributed by atoms with E-state index in [1.54, 1.807) is 0 Å². The van der Waals surface area contributed by atoms with Crippen molar-refractivity contribution in [1.82, 2.24) is 0 Å². The monoisotopic (exact) mass is 310 g/mol. The third-order valence-corrected chi connectivity index (χ3v) is 4.08. The zero-order chi connectivity index (χ0) is 16.5. The Hall–Kier alpha value is -0.790. The summed E-state index contributed by atoms with van der Waals surface area (Å²) < 4.78 is 5.14. The first-order chi connectivity index (χ1) is 10.8. The van der Waals surface area contributed by atoms with E-state index < -0.39 is 0 Å². The second-order valence-electron chi connectivity index (χ2n) is 6.20. The van der Waals surface area contributed by atoms with Crippen LogP contribution in [-0.2, 0) is 9.53 Å². The minimum absolute atomic E-state index is 0.00942. The van der Waals surface area contributed by atoms with Crippen LogP contribution in [0.1, 0.15) is 97.8 Å². The van der Waals surface area contributed by atoms with Crippen LogP contribution in [0, 0.1) is 5.92 Å². The Labute approximate surface area is 138 Å². The van der Waals surface area contributed by atoms with Crippen LogP contribution >= 0.6 is 0 Å². The minimum Gasteiger partial charge on any atom is -0.466 e. The summed E-state index contributed by atoms with van der Waals surface area (Å²) in [6, 6.07) is 0. The predicted octanol–water partition coefficient (Wildman–Crippen LogP) is 6.44. The van der Waals surface area contributed by atoms with Crippen LogP contribution in [0.15, 0.2) is 12.2 Å². The highest BCUT2D eigenvalue weighted by molar-refractivity contribution is 5.72. The van der Waals surface area contributed by atoms with Crippen molar-refractivity contribution in [1.29, 1.82) is 0 Å². The van der Waals surface area contributed by atoms with Gasteiger partial charge >= 0.3 is 5.97 Å². The zero-order valence-electron chi connectivity index (χ0n) is 15.2. The summed E-state index contributed by atoms with van der Waals surface area (Å²) >= 11 is 0. The molecular weight excluding hydrogens is 272 g/mol. The summed E-state index contributed by atoms with van der Waals surface area (Å²) in [6.45, 7) is 6.76. The molecule has 0 fully saturated rings. The molecule has 0 heterocycles. The van der Waals surface area contributed by atoms with E-state index in [1.165, 1.54) is 51.4 Å². The number of rotatable bonds is 15. The fraction of sp³-hybridized carbons (Fsp3) is 0.850. The number of esters is 1. The molecule has 0 saturated carbocycles. The molecule has 2 heteroatoms. The molecule has 22 heavy (non-hydrogen) atoms. The maximum absolute atomic E-state index is 11.8. The van der Waals surface area contributed by atoms with Crippen molar-refractivity contribution in [3.05, 3.63) is 12.2 Å². The summed E-state index contributed by atoms with van der Waals surface area (Å²) in [5.41, 5.74) is 0. The smallest absolute Gasteiger partial charge is 0.308 e. The third-order valence-electron chi connectivity index (χ3n) is 4.08. The fourth-order valence-corrected chi connectivity index (χ4v) is 2.74. The number of hydrogen-bond acceptors (Lipinski definition) is 2. The van der Waals surface area contributed by atoms with Gasteiger partial charge in [-0.2, -0.15) is 0 Å². The zero-order valence-corrected chi connectivity index (χ0v) is 15.2. The number of carbonyl (C=O) groups is 1. The van der Waals surface area contributed by atoms with Gasteiger partial charge in [0.05, 0.1) is 12.5 Å². The van der Waals surface area contributed by atoms with Crippen LogP contribution < -0.4 is 0 Å². The van der Waals surface area contributed by atoms with Gasteiger partial charge in [-0.3, -0.25) is 4.79 Å². The van der Waals surface area contributed by atoms with Crippen molar-refractivity contribution < 1.29 is 9.53 Å². The van der Waals surface area contributed by atoms with Gasteiger partial charge in [0.25, 0.3) is 0 Å². The van der Waals surface area contributed by atoms with Crippen LogP contribution in [-0.4, -0.2) is 12.6 Å². The Kier molecular flexibility index (Phi) is 16.0. The van der Waals surface area contributed by atoms with Crippen LogP contribution in [0.5, 0.6) is 0 Å². The Bertz CT molecular complexity index is 271. The Morgan fingerprint density at radius 1 is 0.818 bits per heavy atom. The average Bonchev–Trinajstić information content (AvgIpc) is 2.51. The second-order valence-corrected chi connectivity index (χ2v) is 6.20. The molecule has 0 rings (SSSR count). The van der Waals surface area contributed by atoms with Gasteiger partial charge in [-0.1, -0.05) is 70.9 Å². The van der Waals surface area contributed by atoms with Gasteiger partial charge in [-0.25, -0.2) is 0 Å².